The predicted octanol–water partition coefficient (Wildman–Crippen LogP) is 1.63. The highest BCUT2D eigenvalue weighted by molar-refractivity contribution is 5.01. The van der Waals surface area contributed by atoms with E-state index in [0.717, 1.165) is 31.6 Å². The topological polar surface area (TPSA) is 76.1 Å². The minimum absolute atomic E-state index is 0.0407. The van der Waals surface area contributed by atoms with Gasteiger partial charge in [0.1, 0.15) is 0 Å². The second-order valence-electron chi connectivity index (χ2n) is 4.57. The fourth-order valence-corrected chi connectivity index (χ4v) is 1.71. The minimum atomic E-state index is 0.0407. The zero-order valence-electron chi connectivity index (χ0n) is 11.3. The lowest BCUT2D eigenvalue weighted by Gasteiger charge is -2.16. The summed E-state index contributed by atoms with van der Waals surface area (Å²) in [6, 6.07) is 0.0407. The van der Waals surface area contributed by atoms with Gasteiger partial charge in [-0.1, -0.05) is 39.2 Å². The molecule has 0 aromatic carbocycles. The second-order valence-corrected chi connectivity index (χ2v) is 4.57. The van der Waals surface area contributed by atoms with Crippen LogP contribution < -0.4 is 22.3 Å². The van der Waals surface area contributed by atoms with Crippen molar-refractivity contribution < 1.29 is 0 Å². The van der Waals surface area contributed by atoms with E-state index >= 15 is 0 Å². The largest absolute Gasteiger partial charge is 0.388 e. The number of rotatable bonds is 12. The van der Waals surface area contributed by atoms with Crippen LogP contribution in [0.4, 0.5) is 0 Å². The van der Waals surface area contributed by atoms with Gasteiger partial charge in [0.15, 0.2) is 0 Å². The van der Waals surface area contributed by atoms with E-state index in [1.165, 1.54) is 32.1 Å². The van der Waals surface area contributed by atoms with Crippen LogP contribution in [-0.4, -0.2) is 19.1 Å². The van der Waals surface area contributed by atoms with Gasteiger partial charge >= 0.3 is 0 Å². The van der Waals surface area contributed by atoms with Crippen molar-refractivity contribution in [2.24, 2.45) is 11.6 Å². The minimum Gasteiger partial charge on any atom is -0.388 e. The molecule has 0 fully saturated rings. The molecule has 102 valence electrons. The van der Waals surface area contributed by atoms with E-state index in [4.69, 9.17) is 11.6 Å². The van der Waals surface area contributed by atoms with Crippen molar-refractivity contribution in [3.63, 3.8) is 0 Å². The van der Waals surface area contributed by atoms with Gasteiger partial charge in [0.2, 0.25) is 0 Å². The van der Waals surface area contributed by atoms with Crippen molar-refractivity contribution in [2.45, 2.75) is 57.9 Å². The van der Waals surface area contributed by atoms with Crippen molar-refractivity contribution in [3.05, 3.63) is 12.3 Å². The Morgan fingerprint density at radius 2 is 1.82 bits per heavy atom. The molecular weight excluding hydrogens is 212 g/mol. The molecule has 0 rings (SSSR count). The fraction of sp³-hybridized carbons (Fsp3) is 0.846. The van der Waals surface area contributed by atoms with Gasteiger partial charge in [0.25, 0.3) is 0 Å². The molecule has 1 unspecified atom stereocenters. The van der Waals surface area contributed by atoms with E-state index in [9.17, 15) is 0 Å². The van der Waals surface area contributed by atoms with Gasteiger partial charge in [-0.25, -0.2) is 0 Å². The Morgan fingerprint density at radius 1 is 1.12 bits per heavy atom. The number of hydrazine groups is 1. The van der Waals surface area contributed by atoms with Crippen LogP contribution in [0.2, 0.25) is 0 Å². The lowest BCUT2D eigenvalue weighted by molar-refractivity contribution is 0.556. The molecule has 4 heteroatoms. The first-order valence-corrected chi connectivity index (χ1v) is 6.84. The van der Waals surface area contributed by atoms with Gasteiger partial charge < -0.3 is 11.1 Å². The first-order valence-electron chi connectivity index (χ1n) is 6.84. The quantitative estimate of drug-likeness (QED) is 0.238. The van der Waals surface area contributed by atoms with Crippen LogP contribution in [0.1, 0.15) is 51.9 Å². The molecule has 0 aliphatic heterocycles. The molecule has 17 heavy (non-hydrogen) atoms. The molecule has 4 nitrogen and oxygen atoms in total. The number of hydrogen-bond donors (Lipinski definition) is 4. The average molecular weight is 242 g/mol. The average Bonchev–Trinajstić information content (AvgIpc) is 2.33. The van der Waals surface area contributed by atoms with Gasteiger partial charge in [-0.3, -0.25) is 11.3 Å². The van der Waals surface area contributed by atoms with Crippen LogP contribution in [0.15, 0.2) is 12.3 Å². The van der Waals surface area contributed by atoms with Gasteiger partial charge in [-0.05, 0) is 19.3 Å². The molecule has 0 aromatic rings. The third-order valence-electron chi connectivity index (χ3n) is 2.92. The molecule has 0 radical (unpaired) electrons. The zero-order valence-corrected chi connectivity index (χ0v) is 11.3. The van der Waals surface area contributed by atoms with E-state index in [1.807, 2.05) is 0 Å². The maximum Gasteiger partial charge on any atom is 0.0438 e. The summed E-state index contributed by atoms with van der Waals surface area (Å²) in [5, 5.41) is 3.32. The molecule has 0 saturated carbocycles. The molecule has 0 aliphatic carbocycles. The molecule has 0 spiro atoms. The van der Waals surface area contributed by atoms with Crippen molar-refractivity contribution in [1.82, 2.24) is 10.7 Å². The third-order valence-corrected chi connectivity index (χ3v) is 2.92. The smallest absolute Gasteiger partial charge is 0.0438 e. The molecule has 0 heterocycles. The van der Waals surface area contributed by atoms with Crippen LogP contribution in [0, 0.1) is 0 Å². The fourth-order valence-electron chi connectivity index (χ4n) is 1.71. The second kappa shape index (κ2) is 11.9. The van der Waals surface area contributed by atoms with Gasteiger partial charge in [0.05, 0.1) is 0 Å². The number of unbranched alkanes of at least 4 members (excludes halogenated alkanes) is 4. The Morgan fingerprint density at radius 3 is 2.47 bits per heavy atom. The highest BCUT2D eigenvalue weighted by Crippen LogP contribution is 2.04. The summed E-state index contributed by atoms with van der Waals surface area (Å²) in [6.07, 6.45) is 8.36. The first-order chi connectivity index (χ1) is 8.22. The van der Waals surface area contributed by atoms with Crippen molar-refractivity contribution >= 4 is 0 Å². The van der Waals surface area contributed by atoms with E-state index in [-0.39, 0.29) is 6.04 Å². The molecule has 1 atom stereocenters. The Hall–Kier alpha value is -0.580. The normalized spacial score (nSPS) is 12.4. The first kappa shape index (κ1) is 16.4. The van der Waals surface area contributed by atoms with Crippen LogP contribution in [0.3, 0.4) is 0 Å². The molecule has 0 aromatic heterocycles. The Labute approximate surface area is 106 Å². The maximum absolute atomic E-state index is 5.99. The van der Waals surface area contributed by atoms with Gasteiger partial charge in [0, 0.05) is 24.8 Å². The van der Waals surface area contributed by atoms with Crippen LogP contribution in [0.5, 0.6) is 0 Å². The predicted molar refractivity (Wildman–Crippen MR) is 75.3 cm³/mol. The lowest BCUT2D eigenvalue weighted by Crippen LogP contribution is -2.32. The molecule has 0 aliphatic rings. The van der Waals surface area contributed by atoms with Crippen LogP contribution in [0.25, 0.3) is 0 Å². The van der Waals surface area contributed by atoms with Gasteiger partial charge in [-0.15, -0.1) is 0 Å². The summed E-state index contributed by atoms with van der Waals surface area (Å²) in [4.78, 5) is 0. The summed E-state index contributed by atoms with van der Waals surface area (Å²) in [5.74, 6) is 5.20. The molecule has 0 bridgehead atoms. The van der Waals surface area contributed by atoms with Crippen molar-refractivity contribution in [2.75, 3.05) is 13.1 Å². The molecule has 0 amide bonds. The highest BCUT2D eigenvalue weighted by atomic mass is 15.2. The third kappa shape index (κ3) is 10.3. The van der Waals surface area contributed by atoms with E-state index in [0.29, 0.717) is 0 Å². The number of hydrogen-bond acceptors (Lipinski definition) is 4. The van der Waals surface area contributed by atoms with Crippen molar-refractivity contribution in [3.8, 4) is 0 Å². The Balaban J connectivity index is 3.37. The van der Waals surface area contributed by atoms with Crippen molar-refractivity contribution in [1.29, 1.82) is 0 Å². The Kier molecular flexibility index (Phi) is 11.5. The molecule has 0 saturated heterocycles. The zero-order chi connectivity index (χ0) is 12.9. The van der Waals surface area contributed by atoms with E-state index in [2.05, 4.69) is 24.2 Å². The number of nitrogens with one attached hydrogen (secondary N) is 2. The summed E-state index contributed by atoms with van der Waals surface area (Å²) < 4.78 is 0. The maximum atomic E-state index is 5.99. The van der Waals surface area contributed by atoms with E-state index in [1.54, 1.807) is 0 Å². The SMILES string of the molecule is C=C(NCCCCCCC)C(N)CCCNN. The van der Waals surface area contributed by atoms with Crippen LogP contribution in [-0.2, 0) is 0 Å². The van der Waals surface area contributed by atoms with Crippen LogP contribution >= 0.6 is 0 Å². The summed E-state index contributed by atoms with van der Waals surface area (Å²) >= 11 is 0. The van der Waals surface area contributed by atoms with E-state index < -0.39 is 0 Å². The molecule has 6 N–H and O–H groups in total. The Bertz CT molecular complexity index is 182. The summed E-state index contributed by atoms with van der Waals surface area (Å²) in [6.45, 7) is 8.01. The summed E-state index contributed by atoms with van der Waals surface area (Å²) in [7, 11) is 0. The summed E-state index contributed by atoms with van der Waals surface area (Å²) in [5.41, 5.74) is 9.57. The standard InChI is InChI=1S/C13H30N4/c1-3-4-5-6-7-10-16-12(2)13(14)9-8-11-17-15/h13,16-17H,2-11,14-15H2,1H3. The molecular formula is C13H30N4. The lowest BCUT2D eigenvalue weighted by atomic mass is 10.1. The monoisotopic (exact) mass is 242 g/mol. The highest BCUT2D eigenvalue weighted by Gasteiger charge is 2.05. The number of nitrogens with two attached hydrogens (primary N) is 2. The van der Waals surface area contributed by atoms with Gasteiger partial charge in [-0.2, -0.15) is 0 Å².